The Morgan fingerprint density at radius 3 is 2.53 bits per heavy atom. The molecule has 2 aliphatic rings. The van der Waals surface area contributed by atoms with E-state index in [0.717, 1.165) is 0 Å². The summed E-state index contributed by atoms with van der Waals surface area (Å²) in [6.45, 7) is 7.82. The number of benzene rings is 1. The molecule has 4 heterocycles. The van der Waals surface area contributed by atoms with Crippen molar-refractivity contribution in [2.45, 2.75) is 49.7 Å². The maximum Gasteiger partial charge on any atom is 0.291 e. The van der Waals surface area contributed by atoms with Gasteiger partial charge in [-0.05, 0) is 32.9 Å². The van der Waals surface area contributed by atoms with Crippen LogP contribution in [0.2, 0.25) is 0 Å². The van der Waals surface area contributed by atoms with Crippen molar-refractivity contribution in [1.82, 2.24) is 30.0 Å². The average Bonchev–Trinajstić information content (AvgIpc) is 3.38. The third-order valence-corrected chi connectivity index (χ3v) is 8.39. The summed E-state index contributed by atoms with van der Waals surface area (Å²) in [4.78, 5) is 2.18. The second-order valence-corrected chi connectivity index (χ2v) is 11.9. The smallest absolute Gasteiger partial charge is 0.291 e. The summed E-state index contributed by atoms with van der Waals surface area (Å²) in [5.41, 5.74) is 0.471. The van der Waals surface area contributed by atoms with E-state index in [0.29, 0.717) is 41.0 Å². The van der Waals surface area contributed by atoms with Crippen molar-refractivity contribution in [3.05, 3.63) is 23.3 Å². The van der Waals surface area contributed by atoms with E-state index < -0.39 is 27.0 Å². The van der Waals surface area contributed by atoms with Crippen LogP contribution in [0.15, 0.2) is 23.2 Å². The highest BCUT2D eigenvalue weighted by atomic mass is 32.2. The quantitative estimate of drug-likeness (QED) is 0.515. The summed E-state index contributed by atoms with van der Waals surface area (Å²) in [5, 5.41) is 15.6. The highest BCUT2D eigenvalue weighted by Crippen LogP contribution is 2.35. The number of halogens is 2. The lowest BCUT2D eigenvalue weighted by Crippen LogP contribution is -2.59. The summed E-state index contributed by atoms with van der Waals surface area (Å²) in [7, 11) is -3.91. The fourth-order valence-corrected chi connectivity index (χ4v) is 6.52. The molecule has 2 aliphatic heterocycles. The van der Waals surface area contributed by atoms with E-state index in [4.69, 9.17) is 4.74 Å². The molecule has 0 unspecified atom stereocenters. The second kappa shape index (κ2) is 8.45. The standard InChI is InChI=1S/C20H25F2N7O3S2/c1-11-7-28(8-12(2)24-11)15-4-13(34(30,31)27-20(3)9-32-10-20)5-16-14(15)6-23-29(16)19-26-25-18(33-19)17(21)22/h4-6,11-12,17,24,27H,7-10H2,1-3H3/t11-,12-/m0/s1. The monoisotopic (exact) mass is 513 g/mol. The molecule has 2 aromatic heterocycles. The van der Waals surface area contributed by atoms with Crippen molar-refractivity contribution < 1.29 is 21.9 Å². The fourth-order valence-electron chi connectivity index (χ4n) is 4.43. The van der Waals surface area contributed by atoms with E-state index in [1.165, 1.54) is 10.7 Å². The molecule has 2 atom stereocenters. The Labute approximate surface area is 199 Å². The Morgan fingerprint density at radius 2 is 1.94 bits per heavy atom. The number of sulfonamides is 1. The molecule has 10 nitrogen and oxygen atoms in total. The SMILES string of the molecule is C[C@H]1CN(c2cc(S(=O)(=O)NC3(C)COC3)cc3c2cnn3-c2nnc(C(F)F)s2)C[C@H](C)N1. The minimum absolute atomic E-state index is 0.0577. The summed E-state index contributed by atoms with van der Waals surface area (Å²) in [5.74, 6) is 0. The van der Waals surface area contributed by atoms with Crippen LogP contribution in [-0.2, 0) is 14.8 Å². The fraction of sp³-hybridized carbons (Fsp3) is 0.550. The van der Waals surface area contributed by atoms with Crippen LogP contribution in [-0.4, -0.2) is 72.3 Å². The number of piperazine rings is 1. The molecule has 0 radical (unpaired) electrons. The third-order valence-electron chi connectivity index (χ3n) is 5.87. The van der Waals surface area contributed by atoms with Gasteiger partial charge in [0, 0.05) is 36.2 Å². The van der Waals surface area contributed by atoms with Gasteiger partial charge in [-0.3, -0.25) is 0 Å². The maximum atomic E-state index is 13.4. The Morgan fingerprint density at radius 1 is 1.24 bits per heavy atom. The largest absolute Gasteiger partial charge is 0.377 e. The Balaban J connectivity index is 1.65. The number of fused-ring (bicyclic) bond motifs is 1. The van der Waals surface area contributed by atoms with Crippen LogP contribution in [0.25, 0.3) is 16.0 Å². The van der Waals surface area contributed by atoms with Gasteiger partial charge < -0.3 is 15.0 Å². The van der Waals surface area contributed by atoms with Crippen LogP contribution < -0.4 is 14.9 Å². The molecule has 34 heavy (non-hydrogen) atoms. The minimum atomic E-state index is -3.91. The number of hydrogen-bond donors (Lipinski definition) is 2. The van der Waals surface area contributed by atoms with Crippen molar-refractivity contribution in [3.8, 4) is 5.13 Å². The van der Waals surface area contributed by atoms with E-state index >= 15 is 0 Å². The molecule has 0 amide bonds. The van der Waals surface area contributed by atoms with Crippen LogP contribution in [0, 0.1) is 0 Å². The van der Waals surface area contributed by atoms with Gasteiger partial charge in [0.1, 0.15) is 0 Å². The van der Waals surface area contributed by atoms with Gasteiger partial charge in [-0.1, -0.05) is 11.3 Å². The van der Waals surface area contributed by atoms with Gasteiger partial charge in [-0.25, -0.2) is 26.6 Å². The van der Waals surface area contributed by atoms with E-state index in [9.17, 15) is 17.2 Å². The first-order valence-corrected chi connectivity index (χ1v) is 13.1. The molecule has 2 saturated heterocycles. The van der Waals surface area contributed by atoms with Crippen molar-refractivity contribution in [2.24, 2.45) is 0 Å². The van der Waals surface area contributed by atoms with Crippen LogP contribution in [0.1, 0.15) is 32.2 Å². The van der Waals surface area contributed by atoms with Gasteiger partial charge in [0.05, 0.1) is 35.4 Å². The number of nitrogens with zero attached hydrogens (tertiary/aromatic N) is 5. The number of hydrogen-bond acceptors (Lipinski definition) is 9. The van der Waals surface area contributed by atoms with Gasteiger partial charge in [0.2, 0.25) is 15.2 Å². The van der Waals surface area contributed by atoms with E-state index in [2.05, 4.69) is 44.1 Å². The molecule has 0 saturated carbocycles. The van der Waals surface area contributed by atoms with Gasteiger partial charge >= 0.3 is 0 Å². The first kappa shape index (κ1) is 23.5. The van der Waals surface area contributed by atoms with E-state index in [1.54, 1.807) is 19.2 Å². The Hall–Kier alpha value is -2.26. The number of nitrogens with one attached hydrogen (secondary N) is 2. The number of alkyl halides is 2. The highest BCUT2D eigenvalue weighted by molar-refractivity contribution is 7.89. The summed E-state index contributed by atoms with van der Waals surface area (Å²) >= 11 is 0.715. The molecule has 0 aliphatic carbocycles. The van der Waals surface area contributed by atoms with Gasteiger partial charge in [0.15, 0.2) is 5.01 Å². The first-order valence-electron chi connectivity index (χ1n) is 10.8. The zero-order chi connectivity index (χ0) is 24.3. The highest BCUT2D eigenvalue weighted by Gasteiger charge is 2.38. The normalized spacial score (nSPS) is 22.9. The molecule has 3 aromatic rings. The average molecular weight is 514 g/mol. The number of aromatic nitrogens is 4. The van der Waals surface area contributed by atoms with Crippen LogP contribution in [0.5, 0.6) is 0 Å². The molecule has 0 bridgehead atoms. The minimum Gasteiger partial charge on any atom is -0.377 e. The Kier molecular flexibility index (Phi) is 5.83. The molecular weight excluding hydrogens is 488 g/mol. The number of rotatable bonds is 6. The zero-order valence-electron chi connectivity index (χ0n) is 18.8. The van der Waals surface area contributed by atoms with Gasteiger partial charge in [-0.2, -0.15) is 5.10 Å². The van der Waals surface area contributed by atoms with E-state index in [-0.39, 0.29) is 35.3 Å². The van der Waals surface area contributed by atoms with Crippen LogP contribution >= 0.6 is 11.3 Å². The first-order chi connectivity index (χ1) is 16.0. The summed E-state index contributed by atoms with van der Waals surface area (Å²) < 4.78 is 62.2. The maximum absolute atomic E-state index is 13.4. The van der Waals surface area contributed by atoms with Crippen molar-refractivity contribution in [2.75, 3.05) is 31.2 Å². The predicted molar refractivity (Wildman–Crippen MR) is 123 cm³/mol. The molecule has 1 aromatic carbocycles. The van der Waals surface area contributed by atoms with Crippen LogP contribution in [0.3, 0.4) is 0 Å². The third kappa shape index (κ3) is 4.28. The van der Waals surface area contributed by atoms with Gasteiger partial charge in [0.25, 0.3) is 6.43 Å². The predicted octanol–water partition coefficient (Wildman–Crippen LogP) is 2.07. The van der Waals surface area contributed by atoms with Gasteiger partial charge in [-0.15, -0.1) is 10.2 Å². The number of anilines is 1. The zero-order valence-corrected chi connectivity index (χ0v) is 20.5. The summed E-state index contributed by atoms with van der Waals surface area (Å²) in [6.07, 6.45) is -1.14. The topological polar surface area (TPSA) is 114 Å². The molecule has 5 rings (SSSR count). The molecule has 2 fully saturated rings. The lowest BCUT2D eigenvalue weighted by Gasteiger charge is -2.39. The van der Waals surface area contributed by atoms with Crippen molar-refractivity contribution in [1.29, 1.82) is 0 Å². The number of ether oxygens (including phenoxy) is 1. The lowest BCUT2D eigenvalue weighted by molar-refractivity contribution is -0.0523. The van der Waals surface area contributed by atoms with Crippen LogP contribution in [0.4, 0.5) is 14.5 Å². The second-order valence-electron chi connectivity index (χ2n) is 9.19. The molecule has 0 spiro atoms. The molecule has 14 heteroatoms. The van der Waals surface area contributed by atoms with Crippen molar-refractivity contribution in [3.63, 3.8) is 0 Å². The van der Waals surface area contributed by atoms with E-state index in [1.807, 2.05) is 0 Å². The summed E-state index contributed by atoms with van der Waals surface area (Å²) in [6, 6.07) is 3.52. The Bertz CT molecular complexity index is 1310. The molecule has 2 N–H and O–H groups in total. The van der Waals surface area contributed by atoms with Crippen molar-refractivity contribution >= 4 is 38.0 Å². The molecular formula is C20H25F2N7O3S2. The lowest BCUT2D eigenvalue weighted by atomic mass is 10.0. The molecule has 184 valence electrons.